The summed E-state index contributed by atoms with van der Waals surface area (Å²) in [5.41, 5.74) is 1.23. The summed E-state index contributed by atoms with van der Waals surface area (Å²) in [6, 6.07) is 16.4. The monoisotopic (exact) mass is 414 g/mol. The number of hydrogen-bond acceptors (Lipinski definition) is 4. The third-order valence-electron chi connectivity index (χ3n) is 4.24. The fraction of sp³-hybridized carbons (Fsp3) is 0.0952. The van der Waals surface area contributed by atoms with Gasteiger partial charge in [0.05, 0.1) is 23.4 Å². The molecule has 0 atom stereocenters. The fourth-order valence-corrected chi connectivity index (χ4v) is 3.81. The van der Waals surface area contributed by atoms with Crippen LogP contribution in [0.5, 0.6) is 5.75 Å². The number of nitrogens with one attached hydrogen (secondary N) is 2. The molecule has 0 saturated carbocycles. The van der Waals surface area contributed by atoms with Crippen molar-refractivity contribution in [2.24, 2.45) is 0 Å². The lowest BCUT2D eigenvalue weighted by Gasteiger charge is -2.14. The van der Waals surface area contributed by atoms with E-state index in [4.69, 9.17) is 4.74 Å². The summed E-state index contributed by atoms with van der Waals surface area (Å²) >= 11 is 0. The quantitative estimate of drug-likeness (QED) is 0.633. The molecule has 2 N–H and O–H groups in total. The Bertz CT molecular complexity index is 1160. The molecule has 8 heteroatoms. The van der Waals surface area contributed by atoms with E-state index in [1.54, 1.807) is 25.1 Å². The third kappa shape index (κ3) is 4.55. The second kappa shape index (κ2) is 8.32. The molecule has 3 aromatic rings. The molecule has 0 fully saturated rings. The predicted octanol–water partition coefficient (Wildman–Crippen LogP) is 4.20. The number of para-hydroxylation sites is 1. The standard InChI is InChI=1S/C21H19FN2O4S/c1-14-7-3-4-8-16(14)21(25)23-19-13-15(11-12-20(19)28-2)29(26,27)24-18-10-6-5-9-17(18)22/h3-13,24H,1-2H3,(H,23,25). The van der Waals surface area contributed by atoms with Crippen molar-refractivity contribution in [3.05, 3.63) is 83.7 Å². The number of rotatable bonds is 6. The van der Waals surface area contributed by atoms with E-state index in [1.165, 1.54) is 43.5 Å². The second-order valence-corrected chi connectivity index (χ2v) is 7.90. The van der Waals surface area contributed by atoms with Gasteiger partial charge in [-0.3, -0.25) is 9.52 Å². The van der Waals surface area contributed by atoms with Gasteiger partial charge in [0.15, 0.2) is 0 Å². The van der Waals surface area contributed by atoms with Crippen LogP contribution in [0, 0.1) is 12.7 Å². The lowest BCUT2D eigenvalue weighted by molar-refractivity contribution is 0.102. The van der Waals surface area contributed by atoms with Gasteiger partial charge in [-0.1, -0.05) is 30.3 Å². The first kappa shape index (κ1) is 20.3. The van der Waals surface area contributed by atoms with Crippen LogP contribution >= 0.6 is 0 Å². The van der Waals surface area contributed by atoms with Crippen LogP contribution in [0.4, 0.5) is 15.8 Å². The molecule has 0 aliphatic heterocycles. The van der Waals surface area contributed by atoms with Gasteiger partial charge in [0.1, 0.15) is 11.6 Å². The van der Waals surface area contributed by atoms with E-state index in [2.05, 4.69) is 10.0 Å². The molecule has 3 aromatic carbocycles. The Morgan fingerprint density at radius 2 is 1.66 bits per heavy atom. The molecule has 0 heterocycles. The van der Waals surface area contributed by atoms with E-state index in [-0.39, 0.29) is 22.0 Å². The topological polar surface area (TPSA) is 84.5 Å². The SMILES string of the molecule is COc1ccc(S(=O)(=O)Nc2ccccc2F)cc1NC(=O)c1ccccc1C. The van der Waals surface area contributed by atoms with Gasteiger partial charge in [0, 0.05) is 5.56 Å². The zero-order valence-electron chi connectivity index (χ0n) is 15.8. The first-order valence-corrected chi connectivity index (χ1v) is 10.1. The Kier molecular flexibility index (Phi) is 5.84. The Balaban J connectivity index is 1.93. The Hall–Kier alpha value is -3.39. The highest BCUT2D eigenvalue weighted by Gasteiger charge is 2.20. The maximum atomic E-state index is 13.8. The number of halogens is 1. The minimum absolute atomic E-state index is 0.151. The van der Waals surface area contributed by atoms with Crippen molar-refractivity contribution in [3.8, 4) is 5.75 Å². The molecule has 150 valence electrons. The molecule has 0 aliphatic carbocycles. The van der Waals surface area contributed by atoms with Crippen molar-refractivity contribution in [1.82, 2.24) is 0 Å². The second-order valence-electron chi connectivity index (χ2n) is 6.22. The minimum atomic E-state index is -4.09. The number of carbonyl (C=O) groups excluding carboxylic acids is 1. The Labute approximate surface area is 168 Å². The van der Waals surface area contributed by atoms with E-state index < -0.39 is 21.7 Å². The van der Waals surface area contributed by atoms with Gasteiger partial charge in [-0.05, 0) is 48.9 Å². The number of ether oxygens (including phenoxy) is 1. The average molecular weight is 414 g/mol. The summed E-state index contributed by atoms with van der Waals surface area (Å²) < 4.78 is 46.6. The fourth-order valence-electron chi connectivity index (χ4n) is 2.72. The summed E-state index contributed by atoms with van der Waals surface area (Å²) in [6.07, 6.45) is 0. The maximum absolute atomic E-state index is 13.8. The highest BCUT2D eigenvalue weighted by Crippen LogP contribution is 2.29. The molecule has 0 aliphatic rings. The number of aryl methyl sites for hydroxylation is 1. The average Bonchev–Trinajstić information content (AvgIpc) is 2.70. The molecule has 0 spiro atoms. The van der Waals surface area contributed by atoms with Gasteiger partial charge in [-0.15, -0.1) is 0 Å². The van der Waals surface area contributed by atoms with Crippen molar-refractivity contribution < 1.29 is 22.3 Å². The van der Waals surface area contributed by atoms with Crippen molar-refractivity contribution in [1.29, 1.82) is 0 Å². The van der Waals surface area contributed by atoms with Crippen LogP contribution in [0.2, 0.25) is 0 Å². The van der Waals surface area contributed by atoms with Gasteiger partial charge < -0.3 is 10.1 Å². The van der Waals surface area contributed by atoms with Crippen LogP contribution in [0.15, 0.2) is 71.6 Å². The first-order valence-electron chi connectivity index (χ1n) is 8.64. The molecule has 0 saturated heterocycles. The van der Waals surface area contributed by atoms with Gasteiger partial charge in [0.2, 0.25) is 0 Å². The lowest BCUT2D eigenvalue weighted by Crippen LogP contribution is -2.16. The predicted molar refractivity (Wildman–Crippen MR) is 109 cm³/mol. The van der Waals surface area contributed by atoms with Crippen molar-refractivity contribution in [3.63, 3.8) is 0 Å². The van der Waals surface area contributed by atoms with Crippen molar-refractivity contribution >= 4 is 27.3 Å². The number of sulfonamides is 1. The largest absolute Gasteiger partial charge is 0.495 e. The molecule has 0 bridgehead atoms. The zero-order chi connectivity index (χ0) is 21.0. The number of benzene rings is 3. The molecule has 1 amide bonds. The number of methoxy groups -OCH3 is 1. The number of carbonyl (C=O) groups is 1. The van der Waals surface area contributed by atoms with E-state index >= 15 is 0 Å². The molecule has 29 heavy (non-hydrogen) atoms. The third-order valence-corrected chi connectivity index (χ3v) is 5.60. The van der Waals surface area contributed by atoms with E-state index in [0.29, 0.717) is 5.56 Å². The highest BCUT2D eigenvalue weighted by molar-refractivity contribution is 7.92. The molecular formula is C21H19FN2O4S. The summed E-state index contributed by atoms with van der Waals surface area (Å²) in [7, 11) is -2.68. The van der Waals surface area contributed by atoms with Crippen LogP contribution in [0.25, 0.3) is 0 Å². The van der Waals surface area contributed by atoms with Gasteiger partial charge in [0.25, 0.3) is 15.9 Å². The number of amides is 1. The van der Waals surface area contributed by atoms with Gasteiger partial charge >= 0.3 is 0 Å². The molecule has 3 rings (SSSR count). The van der Waals surface area contributed by atoms with Crippen molar-refractivity contribution in [2.75, 3.05) is 17.1 Å². The molecular weight excluding hydrogens is 395 g/mol. The molecule has 0 unspecified atom stereocenters. The normalized spacial score (nSPS) is 11.0. The molecule has 0 radical (unpaired) electrons. The summed E-state index contributed by atoms with van der Waals surface area (Å²) in [4.78, 5) is 12.5. The highest BCUT2D eigenvalue weighted by atomic mass is 32.2. The Morgan fingerprint density at radius 3 is 2.34 bits per heavy atom. The van der Waals surface area contributed by atoms with E-state index in [9.17, 15) is 17.6 Å². The summed E-state index contributed by atoms with van der Waals surface area (Å²) in [5.74, 6) is -0.813. The van der Waals surface area contributed by atoms with Crippen LogP contribution < -0.4 is 14.8 Å². The summed E-state index contributed by atoms with van der Waals surface area (Å²) in [6.45, 7) is 1.80. The van der Waals surface area contributed by atoms with E-state index in [0.717, 1.165) is 11.6 Å². The smallest absolute Gasteiger partial charge is 0.262 e. The molecule has 0 aromatic heterocycles. The zero-order valence-corrected chi connectivity index (χ0v) is 16.6. The van der Waals surface area contributed by atoms with E-state index in [1.807, 2.05) is 6.07 Å². The van der Waals surface area contributed by atoms with Crippen LogP contribution in [0.3, 0.4) is 0 Å². The van der Waals surface area contributed by atoms with Crippen molar-refractivity contribution in [2.45, 2.75) is 11.8 Å². The molecule has 6 nitrogen and oxygen atoms in total. The number of anilines is 2. The van der Waals surface area contributed by atoms with Crippen LogP contribution in [-0.2, 0) is 10.0 Å². The minimum Gasteiger partial charge on any atom is -0.495 e. The van der Waals surface area contributed by atoms with Crippen LogP contribution in [-0.4, -0.2) is 21.4 Å². The number of hydrogen-bond donors (Lipinski definition) is 2. The maximum Gasteiger partial charge on any atom is 0.262 e. The summed E-state index contributed by atoms with van der Waals surface area (Å²) in [5, 5.41) is 2.68. The van der Waals surface area contributed by atoms with Crippen LogP contribution in [0.1, 0.15) is 15.9 Å². The van der Waals surface area contributed by atoms with Gasteiger partial charge in [-0.25, -0.2) is 12.8 Å². The van der Waals surface area contributed by atoms with Gasteiger partial charge in [-0.2, -0.15) is 0 Å². The lowest BCUT2D eigenvalue weighted by atomic mass is 10.1. The Morgan fingerprint density at radius 1 is 0.966 bits per heavy atom. The first-order chi connectivity index (χ1) is 13.8.